The van der Waals surface area contributed by atoms with Crippen molar-refractivity contribution < 1.29 is 14.3 Å². The van der Waals surface area contributed by atoms with E-state index in [1.54, 1.807) is 72.8 Å². The summed E-state index contributed by atoms with van der Waals surface area (Å²) in [5, 5.41) is 11.3. The summed E-state index contributed by atoms with van der Waals surface area (Å²) in [5.41, 5.74) is 1.06. The van der Waals surface area contributed by atoms with Crippen molar-refractivity contribution in [1.82, 2.24) is 20.3 Å². The molecule has 0 fully saturated rings. The fourth-order valence-corrected chi connectivity index (χ4v) is 3.51. The zero-order valence-electron chi connectivity index (χ0n) is 17.3. The average molecular weight is 463 g/mol. The van der Waals surface area contributed by atoms with Crippen molar-refractivity contribution in [3.8, 4) is 0 Å². The van der Waals surface area contributed by atoms with Crippen molar-refractivity contribution in [3.63, 3.8) is 0 Å². The van der Waals surface area contributed by atoms with E-state index < -0.39 is 30.2 Å². The van der Waals surface area contributed by atoms with Gasteiger partial charge in [-0.25, -0.2) is 0 Å². The summed E-state index contributed by atoms with van der Waals surface area (Å²) in [5.74, 6) is -1.04. The molecule has 1 amide bonds. The minimum absolute atomic E-state index is 0.157. The Morgan fingerprint density at radius 2 is 1.67 bits per heavy atom. The molecule has 9 heteroatoms. The maximum atomic E-state index is 12.8. The molecule has 4 rings (SSSR count). The van der Waals surface area contributed by atoms with Gasteiger partial charge in [-0.05, 0) is 29.8 Å². The normalized spacial score (nSPS) is 11.7. The highest BCUT2D eigenvalue weighted by Gasteiger charge is 2.21. The highest BCUT2D eigenvalue weighted by Crippen LogP contribution is 2.20. The SMILES string of the molecule is O=C(CC(NC(=O)c1ccccc1Cl)c1ccccc1)OCn1nnc2ccccc2c1=O. The first-order valence-electron chi connectivity index (χ1n) is 10.1. The van der Waals surface area contributed by atoms with Gasteiger partial charge in [-0.15, -0.1) is 5.10 Å². The fraction of sp³-hybridized carbons (Fsp3) is 0.125. The Morgan fingerprint density at radius 3 is 2.45 bits per heavy atom. The third-order valence-corrected chi connectivity index (χ3v) is 5.30. The van der Waals surface area contributed by atoms with Crippen molar-refractivity contribution in [2.24, 2.45) is 0 Å². The van der Waals surface area contributed by atoms with Gasteiger partial charge in [0.2, 0.25) is 0 Å². The van der Waals surface area contributed by atoms with Crippen LogP contribution >= 0.6 is 11.6 Å². The third-order valence-electron chi connectivity index (χ3n) is 4.97. The van der Waals surface area contributed by atoms with Crippen molar-refractivity contribution in [3.05, 3.63) is 105 Å². The second kappa shape index (κ2) is 10.1. The molecule has 1 unspecified atom stereocenters. The fourth-order valence-electron chi connectivity index (χ4n) is 3.29. The number of rotatable bonds is 7. The van der Waals surface area contributed by atoms with Gasteiger partial charge in [0.05, 0.1) is 28.4 Å². The Morgan fingerprint density at radius 1 is 0.970 bits per heavy atom. The molecule has 8 nitrogen and oxygen atoms in total. The summed E-state index contributed by atoms with van der Waals surface area (Å²) >= 11 is 6.13. The summed E-state index contributed by atoms with van der Waals surface area (Å²) in [6.45, 7) is -0.393. The van der Waals surface area contributed by atoms with E-state index >= 15 is 0 Å². The van der Waals surface area contributed by atoms with Gasteiger partial charge in [-0.3, -0.25) is 14.4 Å². The molecule has 1 N–H and O–H groups in total. The van der Waals surface area contributed by atoms with Crippen LogP contribution in [0.2, 0.25) is 5.02 Å². The number of carbonyl (C=O) groups is 2. The Hall–Kier alpha value is -4.04. The predicted octanol–water partition coefficient (Wildman–Crippen LogP) is 3.51. The van der Waals surface area contributed by atoms with Crippen molar-refractivity contribution in [2.75, 3.05) is 0 Å². The maximum absolute atomic E-state index is 12.8. The van der Waals surface area contributed by atoms with E-state index in [4.69, 9.17) is 16.3 Å². The molecule has 0 aliphatic heterocycles. The van der Waals surface area contributed by atoms with Gasteiger partial charge in [0, 0.05) is 0 Å². The van der Waals surface area contributed by atoms with Gasteiger partial charge in [0.15, 0.2) is 6.73 Å². The Kier molecular flexibility index (Phi) is 6.75. The predicted molar refractivity (Wildman–Crippen MR) is 123 cm³/mol. The molecule has 33 heavy (non-hydrogen) atoms. The zero-order valence-corrected chi connectivity index (χ0v) is 18.1. The van der Waals surface area contributed by atoms with E-state index in [0.717, 1.165) is 10.2 Å². The molecule has 1 atom stereocenters. The van der Waals surface area contributed by atoms with Crippen molar-refractivity contribution in [1.29, 1.82) is 0 Å². The molecule has 0 saturated carbocycles. The van der Waals surface area contributed by atoms with Crippen LogP contribution in [-0.2, 0) is 16.3 Å². The molecular formula is C24H19ClN4O4. The zero-order chi connectivity index (χ0) is 23.2. The van der Waals surface area contributed by atoms with E-state index in [9.17, 15) is 14.4 Å². The Labute approximate surface area is 193 Å². The smallest absolute Gasteiger partial charge is 0.310 e. The van der Waals surface area contributed by atoms with Crippen molar-refractivity contribution >= 4 is 34.4 Å². The van der Waals surface area contributed by atoms with Crippen molar-refractivity contribution in [2.45, 2.75) is 19.2 Å². The molecular weight excluding hydrogens is 444 g/mol. The summed E-state index contributed by atoms with van der Waals surface area (Å²) in [4.78, 5) is 37.9. The lowest BCUT2D eigenvalue weighted by molar-refractivity contribution is -0.148. The summed E-state index contributed by atoms with van der Waals surface area (Å²) < 4.78 is 6.24. The number of halogens is 1. The minimum Gasteiger partial charge on any atom is -0.442 e. The van der Waals surface area contributed by atoms with Gasteiger partial charge in [0.25, 0.3) is 11.5 Å². The Bertz CT molecular complexity index is 1360. The van der Waals surface area contributed by atoms with Gasteiger partial charge in [-0.1, -0.05) is 71.4 Å². The molecule has 0 spiro atoms. The number of hydrogen-bond acceptors (Lipinski definition) is 6. The highest BCUT2D eigenvalue weighted by atomic mass is 35.5. The largest absolute Gasteiger partial charge is 0.442 e. The molecule has 1 aromatic heterocycles. The summed E-state index contributed by atoms with van der Waals surface area (Å²) in [6.07, 6.45) is -0.157. The van der Waals surface area contributed by atoms with Crippen LogP contribution < -0.4 is 10.9 Å². The number of fused-ring (bicyclic) bond motifs is 1. The summed E-state index contributed by atoms with van der Waals surface area (Å²) in [7, 11) is 0. The number of benzene rings is 3. The van der Waals surface area contributed by atoms with Gasteiger partial charge in [0.1, 0.15) is 5.52 Å². The first-order chi connectivity index (χ1) is 16.0. The second-order valence-corrected chi connectivity index (χ2v) is 7.58. The van der Waals surface area contributed by atoms with E-state index in [-0.39, 0.29) is 6.42 Å². The van der Waals surface area contributed by atoms with Crippen LogP contribution in [-0.4, -0.2) is 26.9 Å². The van der Waals surface area contributed by atoms with Crippen LogP contribution in [0.15, 0.2) is 83.7 Å². The average Bonchev–Trinajstić information content (AvgIpc) is 2.84. The monoisotopic (exact) mass is 462 g/mol. The molecule has 0 radical (unpaired) electrons. The van der Waals surface area contributed by atoms with E-state index in [1.807, 2.05) is 6.07 Å². The number of ether oxygens (including phenoxy) is 1. The molecule has 166 valence electrons. The summed E-state index contributed by atoms with van der Waals surface area (Å²) in [6, 6.07) is 21.8. The van der Waals surface area contributed by atoms with E-state index in [2.05, 4.69) is 15.6 Å². The Balaban J connectivity index is 1.48. The van der Waals surface area contributed by atoms with E-state index in [0.29, 0.717) is 21.5 Å². The molecule has 0 aliphatic rings. The van der Waals surface area contributed by atoms with Gasteiger partial charge >= 0.3 is 5.97 Å². The maximum Gasteiger partial charge on any atom is 0.310 e. The van der Waals surface area contributed by atoms with E-state index in [1.165, 1.54) is 0 Å². The molecule has 3 aromatic carbocycles. The van der Waals surface area contributed by atoms with Crippen LogP contribution in [0.1, 0.15) is 28.4 Å². The lowest BCUT2D eigenvalue weighted by atomic mass is 10.0. The molecule has 0 bridgehead atoms. The van der Waals surface area contributed by atoms with Crippen LogP contribution in [0.3, 0.4) is 0 Å². The quantitative estimate of drug-likeness (QED) is 0.421. The standard InChI is InChI=1S/C24H19ClN4O4/c25-19-12-6-4-10-17(19)23(31)26-21(16-8-2-1-3-9-16)14-22(30)33-15-29-24(32)18-11-5-7-13-20(18)27-28-29/h1-13,21H,14-15H2,(H,26,31). The number of aromatic nitrogens is 3. The lowest BCUT2D eigenvalue weighted by Gasteiger charge is -2.19. The molecule has 1 heterocycles. The molecule has 0 saturated heterocycles. The van der Waals surface area contributed by atoms with Crippen LogP contribution in [0.5, 0.6) is 0 Å². The molecule has 0 aliphatic carbocycles. The number of nitrogens with zero attached hydrogens (tertiary/aromatic N) is 3. The number of hydrogen-bond donors (Lipinski definition) is 1. The highest BCUT2D eigenvalue weighted by molar-refractivity contribution is 6.33. The van der Waals surface area contributed by atoms with Crippen LogP contribution in [0.4, 0.5) is 0 Å². The lowest BCUT2D eigenvalue weighted by Crippen LogP contribution is -2.32. The first-order valence-corrected chi connectivity index (χ1v) is 10.5. The van der Waals surface area contributed by atoms with Crippen LogP contribution in [0.25, 0.3) is 10.9 Å². The number of esters is 1. The topological polar surface area (TPSA) is 103 Å². The van der Waals surface area contributed by atoms with Crippen LogP contribution in [0, 0.1) is 0 Å². The van der Waals surface area contributed by atoms with Gasteiger partial charge in [-0.2, -0.15) is 4.68 Å². The number of amides is 1. The molecule has 4 aromatic rings. The first kappa shape index (κ1) is 22.2. The number of carbonyl (C=O) groups excluding carboxylic acids is 2. The second-order valence-electron chi connectivity index (χ2n) is 7.18. The third kappa shape index (κ3) is 5.24. The number of nitrogens with one attached hydrogen (secondary N) is 1. The van der Waals surface area contributed by atoms with Gasteiger partial charge < -0.3 is 10.1 Å². The minimum atomic E-state index is -0.665.